The molecule has 6 heteroatoms. The minimum absolute atomic E-state index is 0.540. The molecule has 2 rings (SSSR count). The minimum Gasteiger partial charge on any atom is -0.354 e. The second-order valence-electron chi connectivity index (χ2n) is 4.18. The Labute approximate surface area is 95.4 Å². The van der Waals surface area contributed by atoms with E-state index in [0.717, 1.165) is 25.5 Å². The van der Waals surface area contributed by atoms with E-state index in [2.05, 4.69) is 39.2 Å². The van der Waals surface area contributed by atoms with Gasteiger partial charge < -0.3 is 15.2 Å². The predicted octanol–water partition coefficient (Wildman–Crippen LogP) is -0.0975. The summed E-state index contributed by atoms with van der Waals surface area (Å²) in [5.41, 5.74) is 2.54. The maximum absolute atomic E-state index is 5.33. The van der Waals surface area contributed by atoms with Crippen LogP contribution >= 0.6 is 0 Å². The maximum Gasteiger partial charge on any atom is 0.145 e. The van der Waals surface area contributed by atoms with Gasteiger partial charge in [-0.3, -0.25) is 0 Å². The predicted molar refractivity (Wildman–Crippen MR) is 64.1 cm³/mol. The lowest BCUT2D eigenvalue weighted by atomic mass is 10.2. The summed E-state index contributed by atoms with van der Waals surface area (Å²) in [4.78, 5) is 12.9. The van der Waals surface area contributed by atoms with E-state index >= 15 is 0 Å². The van der Waals surface area contributed by atoms with Gasteiger partial charge in [0.15, 0.2) is 0 Å². The van der Waals surface area contributed by atoms with Gasteiger partial charge >= 0.3 is 0 Å². The second-order valence-corrected chi connectivity index (χ2v) is 4.18. The van der Waals surface area contributed by atoms with Crippen molar-refractivity contribution in [3.05, 3.63) is 12.4 Å². The number of aromatic nitrogens is 2. The van der Waals surface area contributed by atoms with Crippen LogP contribution in [0.4, 0.5) is 11.6 Å². The third-order valence-corrected chi connectivity index (χ3v) is 3.08. The lowest BCUT2D eigenvalue weighted by molar-refractivity contribution is 0.233. The highest BCUT2D eigenvalue weighted by Gasteiger charge is 2.21. The number of rotatable bonds is 2. The summed E-state index contributed by atoms with van der Waals surface area (Å²) in [6.07, 6.45) is 1.54. The molecule has 6 nitrogen and oxygen atoms in total. The van der Waals surface area contributed by atoms with E-state index in [4.69, 9.17) is 5.84 Å². The fraction of sp³-hybridized carbons (Fsp3) is 0.600. The molecular formula is C10H18N6. The molecule has 0 saturated carbocycles. The van der Waals surface area contributed by atoms with Gasteiger partial charge in [-0.15, -0.1) is 0 Å². The number of anilines is 2. The molecule has 1 atom stereocenters. The quantitative estimate of drug-likeness (QED) is 0.538. The molecule has 3 N–H and O–H groups in total. The number of nitrogens with zero attached hydrogens (tertiary/aromatic N) is 4. The number of nitrogen functional groups attached to an aromatic ring is 1. The van der Waals surface area contributed by atoms with Crippen molar-refractivity contribution in [1.82, 2.24) is 14.9 Å². The van der Waals surface area contributed by atoms with Gasteiger partial charge in [0.25, 0.3) is 0 Å². The smallest absolute Gasteiger partial charge is 0.145 e. The van der Waals surface area contributed by atoms with Crippen molar-refractivity contribution < 1.29 is 0 Å². The van der Waals surface area contributed by atoms with Crippen LogP contribution in [0.15, 0.2) is 12.4 Å². The molecular weight excluding hydrogens is 204 g/mol. The minimum atomic E-state index is 0.540. The molecule has 1 aromatic heterocycles. The van der Waals surface area contributed by atoms with Crippen LogP contribution in [0.1, 0.15) is 6.92 Å². The van der Waals surface area contributed by atoms with E-state index in [0.29, 0.717) is 11.9 Å². The molecule has 0 aromatic carbocycles. The second kappa shape index (κ2) is 4.63. The first kappa shape index (κ1) is 11.1. The van der Waals surface area contributed by atoms with Gasteiger partial charge in [0.1, 0.15) is 18.0 Å². The first-order valence-corrected chi connectivity index (χ1v) is 5.44. The molecule has 1 fully saturated rings. The Bertz CT molecular complexity index is 355. The Morgan fingerprint density at radius 1 is 1.44 bits per heavy atom. The van der Waals surface area contributed by atoms with Crippen molar-refractivity contribution in [2.75, 3.05) is 37.0 Å². The molecule has 0 amide bonds. The van der Waals surface area contributed by atoms with Gasteiger partial charge in [-0.05, 0) is 14.0 Å². The zero-order valence-corrected chi connectivity index (χ0v) is 9.72. The molecule has 1 aliphatic rings. The Balaban J connectivity index is 2.12. The van der Waals surface area contributed by atoms with E-state index in [9.17, 15) is 0 Å². The first-order valence-electron chi connectivity index (χ1n) is 5.44. The average molecular weight is 222 g/mol. The number of likely N-dealkylation sites (N-methyl/N-ethyl adjacent to an activating group) is 1. The van der Waals surface area contributed by atoms with E-state index in [1.807, 2.05) is 6.07 Å². The maximum atomic E-state index is 5.33. The van der Waals surface area contributed by atoms with Crippen LogP contribution in [0.5, 0.6) is 0 Å². The lowest BCUT2D eigenvalue weighted by Crippen LogP contribution is -2.50. The van der Waals surface area contributed by atoms with Gasteiger partial charge in [-0.25, -0.2) is 15.8 Å². The van der Waals surface area contributed by atoms with Crippen molar-refractivity contribution in [1.29, 1.82) is 0 Å². The summed E-state index contributed by atoms with van der Waals surface area (Å²) in [5.74, 6) is 6.91. The highest BCUT2D eigenvalue weighted by Crippen LogP contribution is 2.17. The molecule has 1 aromatic rings. The van der Waals surface area contributed by atoms with E-state index in [1.54, 1.807) is 0 Å². The van der Waals surface area contributed by atoms with Crippen LogP contribution in [0.25, 0.3) is 0 Å². The fourth-order valence-electron chi connectivity index (χ4n) is 1.86. The van der Waals surface area contributed by atoms with Gasteiger partial charge in [0.2, 0.25) is 0 Å². The van der Waals surface area contributed by atoms with Gasteiger partial charge in [0.05, 0.1) is 0 Å². The number of hydrogen-bond acceptors (Lipinski definition) is 6. The Kier molecular flexibility index (Phi) is 3.21. The molecule has 1 unspecified atom stereocenters. The summed E-state index contributed by atoms with van der Waals surface area (Å²) in [6.45, 7) is 5.24. The Hall–Kier alpha value is -1.40. The zero-order valence-electron chi connectivity index (χ0n) is 9.72. The van der Waals surface area contributed by atoms with Gasteiger partial charge in [-0.2, -0.15) is 0 Å². The van der Waals surface area contributed by atoms with Crippen molar-refractivity contribution in [2.45, 2.75) is 13.0 Å². The highest BCUT2D eigenvalue weighted by molar-refractivity contribution is 5.48. The molecule has 0 radical (unpaired) electrons. The van der Waals surface area contributed by atoms with E-state index in [1.165, 1.54) is 6.33 Å². The monoisotopic (exact) mass is 222 g/mol. The number of nitrogens with two attached hydrogens (primary N) is 1. The zero-order chi connectivity index (χ0) is 11.5. The molecule has 0 spiro atoms. The Morgan fingerprint density at radius 2 is 2.25 bits per heavy atom. The van der Waals surface area contributed by atoms with E-state index < -0.39 is 0 Å². The van der Waals surface area contributed by atoms with Gasteiger partial charge in [0, 0.05) is 31.7 Å². The average Bonchev–Trinajstić information content (AvgIpc) is 2.33. The third kappa shape index (κ3) is 2.23. The van der Waals surface area contributed by atoms with Crippen molar-refractivity contribution in [3.63, 3.8) is 0 Å². The third-order valence-electron chi connectivity index (χ3n) is 3.08. The summed E-state index contributed by atoms with van der Waals surface area (Å²) in [6, 6.07) is 2.41. The number of hydrogen-bond donors (Lipinski definition) is 2. The summed E-state index contributed by atoms with van der Waals surface area (Å²) >= 11 is 0. The normalized spacial score (nSPS) is 22.2. The van der Waals surface area contributed by atoms with Crippen LogP contribution in [0, 0.1) is 0 Å². The standard InChI is InChI=1S/C10H18N6/c1-8-6-16(4-3-15(8)2)10-5-9(14-11)12-7-13-10/h5,7-8H,3-4,6,11H2,1-2H3,(H,12,13,14). The first-order chi connectivity index (χ1) is 7.70. The lowest BCUT2D eigenvalue weighted by Gasteiger charge is -2.38. The molecule has 2 heterocycles. The SMILES string of the molecule is CC1CN(c2cc(NN)ncn2)CCN1C. The molecule has 0 bridgehead atoms. The summed E-state index contributed by atoms with van der Waals surface area (Å²) < 4.78 is 0. The van der Waals surface area contributed by atoms with Crippen molar-refractivity contribution in [2.24, 2.45) is 5.84 Å². The molecule has 0 aliphatic carbocycles. The molecule has 1 saturated heterocycles. The number of nitrogens with one attached hydrogen (secondary N) is 1. The molecule has 16 heavy (non-hydrogen) atoms. The Morgan fingerprint density at radius 3 is 2.94 bits per heavy atom. The number of piperazine rings is 1. The van der Waals surface area contributed by atoms with Crippen LogP contribution < -0.4 is 16.2 Å². The van der Waals surface area contributed by atoms with Crippen molar-refractivity contribution >= 4 is 11.6 Å². The van der Waals surface area contributed by atoms with Gasteiger partial charge in [-0.1, -0.05) is 0 Å². The van der Waals surface area contributed by atoms with Crippen LogP contribution in [-0.4, -0.2) is 47.6 Å². The van der Waals surface area contributed by atoms with Crippen LogP contribution in [-0.2, 0) is 0 Å². The molecule has 1 aliphatic heterocycles. The summed E-state index contributed by atoms with van der Waals surface area (Å²) in [7, 11) is 2.15. The topological polar surface area (TPSA) is 70.3 Å². The summed E-state index contributed by atoms with van der Waals surface area (Å²) in [5, 5.41) is 0. The fourth-order valence-corrected chi connectivity index (χ4v) is 1.86. The molecule has 88 valence electrons. The van der Waals surface area contributed by atoms with Crippen molar-refractivity contribution in [3.8, 4) is 0 Å². The highest BCUT2D eigenvalue weighted by atomic mass is 15.3. The van der Waals surface area contributed by atoms with Crippen LogP contribution in [0.2, 0.25) is 0 Å². The number of hydrazine groups is 1. The largest absolute Gasteiger partial charge is 0.354 e. The van der Waals surface area contributed by atoms with E-state index in [-0.39, 0.29) is 0 Å². The van der Waals surface area contributed by atoms with Crippen LogP contribution in [0.3, 0.4) is 0 Å².